The highest BCUT2D eigenvalue weighted by molar-refractivity contribution is 6.00. The predicted molar refractivity (Wildman–Crippen MR) is 119 cm³/mol. The fourth-order valence-electron chi connectivity index (χ4n) is 2.72. The lowest BCUT2D eigenvalue weighted by Gasteiger charge is -2.11. The lowest BCUT2D eigenvalue weighted by Crippen LogP contribution is -2.20. The van der Waals surface area contributed by atoms with Crippen molar-refractivity contribution in [1.29, 1.82) is 0 Å². The average molecular weight is 471 g/mol. The summed E-state index contributed by atoms with van der Waals surface area (Å²) in [6.45, 7) is 0. The van der Waals surface area contributed by atoms with Crippen molar-refractivity contribution in [1.82, 2.24) is 5.43 Å². The maximum absolute atomic E-state index is 12.8. The van der Waals surface area contributed by atoms with Gasteiger partial charge in [0, 0.05) is 34.6 Å². The van der Waals surface area contributed by atoms with Gasteiger partial charge in [0.2, 0.25) is 0 Å². The van der Waals surface area contributed by atoms with Crippen LogP contribution < -0.4 is 16.1 Å². The number of benzene rings is 3. The molecule has 0 bridgehead atoms. The van der Waals surface area contributed by atoms with E-state index in [1.54, 1.807) is 6.07 Å². The summed E-state index contributed by atoms with van der Waals surface area (Å²) in [5.41, 5.74) is 2.15. The number of non-ortho nitro benzene ring substituents is 1. The minimum Gasteiger partial charge on any atom is -0.308 e. The molecule has 0 radical (unpaired) electrons. The number of nitrogens with one attached hydrogen (secondary N) is 3. The molecule has 3 rings (SSSR count). The van der Waals surface area contributed by atoms with Crippen LogP contribution in [0.2, 0.25) is 0 Å². The summed E-state index contributed by atoms with van der Waals surface area (Å²) in [7, 11) is 0. The van der Waals surface area contributed by atoms with Gasteiger partial charge in [0.1, 0.15) is 0 Å². The number of alkyl halides is 3. The van der Waals surface area contributed by atoms with Crippen LogP contribution in [0.1, 0.15) is 21.5 Å². The number of hydrazone groups is 1. The number of hydrogen-bond donors (Lipinski definition) is 3. The van der Waals surface area contributed by atoms with E-state index in [9.17, 15) is 32.9 Å². The number of carbonyl (C=O) groups excluding carboxylic acids is 2. The molecule has 0 saturated heterocycles. The monoisotopic (exact) mass is 471 g/mol. The number of urea groups is 1. The number of rotatable bonds is 6. The Morgan fingerprint density at radius 1 is 0.912 bits per heavy atom. The first-order valence-corrected chi connectivity index (χ1v) is 9.55. The van der Waals surface area contributed by atoms with Crippen LogP contribution in [-0.2, 0) is 6.18 Å². The van der Waals surface area contributed by atoms with Crippen molar-refractivity contribution >= 4 is 35.2 Å². The zero-order chi connectivity index (χ0) is 24.7. The Morgan fingerprint density at radius 3 is 2.26 bits per heavy atom. The van der Waals surface area contributed by atoms with E-state index in [1.807, 2.05) is 0 Å². The summed E-state index contributed by atoms with van der Waals surface area (Å²) >= 11 is 0. The summed E-state index contributed by atoms with van der Waals surface area (Å²) in [5.74, 6) is -0.568. The molecule has 174 valence electrons. The maximum Gasteiger partial charge on any atom is 0.416 e. The largest absolute Gasteiger partial charge is 0.416 e. The number of nitro benzene ring substituents is 1. The van der Waals surface area contributed by atoms with Gasteiger partial charge in [0.05, 0.1) is 16.7 Å². The second-order valence-corrected chi connectivity index (χ2v) is 6.79. The molecule has 34 heavy (non-hydrogen) atoms. The zero-order valence-corrected chi connectivity index (χ0v) is 17.2. The van der Waals surface area contributed by atoms with Crippen LogP contribution in [0.4, 0.5) is 35.0 Å². The highest BCUT2D eigenvalue weighted by atomic mass is 19.4. The first-order valence-electron chi connectivity index (χ1n) is 9.55. The number of hydrogen-bond acceptors (Lipinski definition) is 5. The highest BCUT2D eigenvalue weighted by Gasteiger charge is 2.30. The summed E-state index contributed by atoms with van der Waals surface area (Å²) in [6, 6.07) is 14.7. The number of carbonyl (C=O) groups is 2. The fraction of sp³-hybridized carbons (Fsp3) is 0.0455. The molecule has 0 saturated carbocycles. The lowest BCUT2D eigenvalue weighted by molar-refractivity contribution is -0.384. The van der Waals surface area contributed by atoms with Crippen molar-refractivity contribution < 1.29 is 27.7 Å². The van der Waals surface area contributed by atoms with Crippen molar-refractivity contribution in [3.05, 3.63) is 99.6 Å². The van der Waals surface area contributed by atoms with Crippen LogP contribution >= 0.6 is 0 Å². The molecular weight excluding hydrogens is 455 g/mol. The first kappa shape index (κ1) is 23.9. The molecule has 9 nitrogen and oxygen atoms in total. The molecule has 0 fully saturated rings. The van der Waals surface area contributed by atoms with Gasteiger partial charge >= 0.3 is 12.2 Å². The van der Waals surface area contributed by atoms with Crippen LogP contribution in [0, 0.1) is 10.1 Å². The van der Waals surface area contributed by atoms with E-state index in [0.29, 0.717) is 11.3 Å². The molecule has 12 heteroatoms. The van der Waals surface area contributed by atoms with E-state index in [4.69, 9.17) is 0 Å². The quantitative estimate of drug-likeness (QED) is 0.265. The third-order valence-electron chi connectivity index (χ3n) is 4.31. The van der Waals surface area contributed by atoms with Crippen molar-refractivity contribution in [3.63, 3.8) is 0 Å². The van der Waals surface area contributed by atoms with E-state index < -0.39 is 28.6 Å². The normalized spacial score (nSPS) is 11.1. The van der Waals surface area contributed by atoms with Crippen molar-refractivity contribution in [2.75, 3.05) is 10.6 Å². The summed E-state index contributed by atoms with van der Waals surface area (Å²) < 4.78 is 38.3. The number of amides is 3. The van der Waals surface area contributed by atoms with Gasteiger partial charge in [-0.2, -0.15) is 18.3 Å². The topological polar surface area (TPSA) is 126 Å². The third-order valence-corrected chi connectivity index (χ3v) is 4.31. The second-order valence-electron chi connectivity index (χ2n) is 6.79. The van der Waals surface area contributed by atoms with E-state index in [1.165, 1.54) is 60.8 Å². The summed E-state index contributed by atoms with van der Waals surface area (Å²) in [4.78, 5) is 34.5. The zero-order valence-electron chi connectivity index (χ0n) is 17.2. The van der Waals surface area contributed by atoms with Gasteiger partial charge in [0.25, 0.3) is 11.6 Å². The number of nitrogens with zero attached hydrogens (tertiary/aromatic N) is 2. The first-order chi connectivity index (χ1) is 16.1. The Balaban J connectivity index is 1.55. The minimum absolute atomic E-state index is 0.0371. The van der Waals surface area contributed by atoms with Gasteiger partial charge in [-0.1, -0.05) is 18.2 Å². The van der Waals surface area contributed by atoms with Gasteiger partial charge in [-0.15, -0.1) is 0 Å². The second kappa shape index (κ2) is 10.3. The van der Waals surface area contributed by atoms with Gasteiger partial charge in [-0.25, -0.2) is 10.2 Å². The van der Waals surface area contributed by atoms with Crippen LogP contribution in [0.3, 0.4) is 0 Å². The Kier molecular flexibility index (Phi) is 7.21. The van der Waals surface area contributed by atoms with E-state index in [2.05, 4.69) is 21.2 Å². The van der Waals surface area contributed by atoms with E-state index in [-0.39, 0.29) is 16.9 Å². The van der Waals surface area contributed by atoms with Gasteiger partial charge in [0.15, 0.2) is 0 Å². The molecule has 0 atom stereocenters. The molecule has 3 aromatic carbocycles. The highest BCUT2D eigenvalue weighted by Crippen LogP contribution is 2.30. The summed E-state index contributed by atoms with van der Waals surface area (Å²) in [6.07, 6.45) is -3.29. The molecule has 0 spiro atoms. The Hall–Kier alpha value is -4.74. The predicted octanol–water partition coefficient (Wildman–Crippen LogP) is 5.02. The van der Waals surface area contributed by atoms with Crippen LogP contribution in [0.15, 0.2) is 77.9 Å². The van der Waals surface area contributed by atoms with Gasteiger partial charge < -0.3 is 10.6 Å². The summed E-state index contributed by atoms with van der Waals surface area (Å²) in [5, 5.41) is 19.3. The standard InChI is InChI=1S/C22H16F3N5O4/c23-22(24,25)16-4-2-5-18(12-16)28-21(32)27-17-9-7-15(8-10-17)20(31)29-26-13-14-3-1-6-19(11-14)30(33)34/h1-13H,(H,29,31)(H2,27,28,32)/b26-13-. The molecule has 3 amide bonds. The molecule has 0 aromatic heterocycles. The van der Waals surface area contributed by atoms with Crippen molar-refractivity contribution in [2.45, 2.75) is 6.18 Å². The number of nitro groups is 1. The van der Waals surface area contributed by atoms with Crippen LogP contribution in [0.25, 0.3) is 0 Å². The van der Waals surface area contributed by atoms with E-state index in [0.717, 1.165) is 12.1 Å². The maximum atomic E-state index is 12.8. The van der Waals surface area contributed by atoms with Crippen LogP contribution in [-0.4, -0.2) is 23.1 Å². The van der Waals surface area contributed by atoms with Crippen LogP contribution in [0.5, 0.6) is 0 Å². The Morgan fingerprint density at radius 2 is 1.59 bits per heavy atom. The molecule has 3 aromatic rings. The SMILES string of the molecule is O=C(Nc1ccc(C(=O)N/N=C\c2cccc([N+](=O)[O-])c2)cc1)Nc1cccc(C(F)(F)F)c1. The average Bonchev–Trinajstić information content (AvgIpc) is 2.79. The van der Waals surface area contributed by atoms with Crippen molar-refractivity contribution in [3.8, 4) is 0 Å². The Bertz CT molecular complexity index is 1240. The lowest BCUT2D eigenvalue weighted by atomic mass is 10.2. The molecule has 0 heterocycles. The molecule has 0 aliphatic rings. The molecule has 0 unspecified atom stereocenters. The smallest absolute Gasteiger partial charge is 0.308 e. The molecule has 0 aliphatic heterocycles. The molecule has 0 aliphatic carbocycles. The van der Waals surface area contributed by atoms with Crippen molar-refractivity contribution in [2.24, 2.45) is 5.10 Å². The molecular formula is C22H16F3N5O4. The fourth-order valence-corrected chi connectivity index (χ4v) is 2.72. The number of halogens is 3. The van der Waals surface area contributed by atoms with Gasteiger partial charge in [-0.05, 0) is 42.5 Å². The van der Waals surface area contributed by atoms with E-state index >= 15 is 0 Å². The van der Waals surface area contributed by atoms with Gasteiger partial charge in [-0.3, -0.25) is 14.9 Å². The third kappa shape index (κ3) is 6.63. The minimum atomic E-state index is -4.53. The molecule has 3 N–H and O–H groups in total. The Labute approximate surface area is 190 Å². The number of anilines is 2.